The molecular weight excluding hydrogens is 318 g/mol. The molecule has 4 nitrogen and oxygen atoms in total. The Balaban J connectivity index is 1.54. The molecular formula is C16H16ClN3OS. The number of benzene rings is 1. The van der Waals surface area contributed by atoms with Crippen molar-refractivity contribution in [2.45, 2.75) is 29.8 Å². The number of rotatable bonds is 4. The molecule has 114 valence electrons. The minimum Gasteiger partial charge on any atom is -0.266 e. The van der Waals surface area contributed by atoms with Gasteiger partial charge in [0, 0.05) is 16.8 Å². The molecule has 22 heavy (non-hydrogen) atoms. The summed E-state index contributed by atoms with van der Waals surface area (Å²) in [5.41, 5.74) is 1.08. The van der Waals surface area contributed by atoms with Crippen LogP contribution in [-0.2, 0) is 5.75 Å². The van der Waals surface area contributed by atoms with Gasteiger partial charge < -0.3 is 0 Å². The number of allylic oxidation sites excluding steroid dienone is 2. The Labute approximate surface area is 137 Å². The second-order valence-corrected chi connectivity index (χ2v) is 7.32. The Morgan fingerprint density at radius 1 is 1.27 bits per heavy atom. The zero-order chi connectivity index (χ0) is 15.1. The van der Waals surface area contributed by atoms with Gasteiger partial charge >= 0.3 is 5.69 Å². The van der Waals surface area contributed by atoms with Crippen molar-refractivity contribution in [1.82, 2.24) is 14.8 Å². The summed E-state index contributed by atoms with van der Waals surface area (Å²) in [4.78, 5) is 12.1. The smallest absolute Gasteiger partial charge is 0.266 e. The summed E-state index contributed by atoms with van der Waals surface area (Å²) < 4.78 is 1.86. The van der Waals surface area contributed by atoms with Gasteiger partial charge in [0.1, 0.15) is 0 Å². The van der Waals surface area contributed by atoms with Crippen LogP contribution in [0, 0.1) is 11.8 Å². The minimum absolute atomic E-state index is 0.0930. The van der Waals surface area contributed by atoms with E-state index in [1.54, 1.807) is 11.8 Å². The summed E-state index contributed by atoms with van der Waals surface area (Å²) in [7, 11) is 0. The summed E-state index contributed by atoms with van der Waals surface area (Å²) in [6, 6.07) is 8.04. The van der Waals surface area contributed by atoms with Crippen molar-refractivity contribution in [3.05, 3.63) is 57.5 Å². The molecule has 6 heteroatoms. The summed E-state index contributed by atoms with van der Waals surface area (Å²) in [5, 5.41) is 8.34. The maximum Gasteiger partial charge on any atom is 0.344 e. The van der Waals surface area contributed by atoms with Crippen LogP contribution in [0.1, 0.15) is 24.4 Å². The quantitative estimate of drug-likeness (QED) is 0.686. The van der Waals surface area contributed by atoms with E-state index in [9.17, 15) is 4.79 Å². The number of H-pyrrole nitrogens is 1. The summed E-state index contributed by atoms with van der Waals surface area (Å²) in [6.07, 6.45) is 6.76. The zero-order valence-corrected chi connectivity index (χ0v) is 13.5. The number of hydrogen-bond acceptors (Lipinski definition) is 3. The highest BCUT2D eigenvalue weighted by Gasteiger charge is 2.38. The van der Waals surface area contributed by atoms with Crippen molar-refractivity contribution in [1.29, 1.82) is 0 Å². The van der Waals surface area contributed by atoms with E-state index in [0.717, 1.165) is 22.4 Å². The highest BCUT2D eigenvalue weighted by Crippen LogP contribution is 2.46. The predicted molar refractivity (Wildman–Crippen MR) is 88.3 cm³/mol. The normalized spacial score (nSPS) is 26.0. The Morgan fingerprint density at radius 2 is 2.09 bits per heavy atom. The van der Waals surface area contributed by atoms with E-state index < -0.39 is 0 Å². The fourth-order valence-corrected chi connectivity index (χ4v) is 4.54. The van der Waals surface area contributed by atoms with Crippen molar-refractivity contribution in [2.24, 2.45) is 11.8 Å². The third-order valence-electron chi connectivity index (χ3n) is 4.53. The number of thioether (sulfide) groups is 1. The molecule has 2 aromatic rings. The molecule has 0 unspecified atom stereocenters. The van der Waals surface area contributed by atoms with Gasteiger partial charge in [0.15, 0.2) is 5.16 Å². The van der Waals surface area contributed by atoms with E-state index in [0.29, 0.717) is 11.8 Å². The molecule has 0 amide bonds. The number of nitrogens with zero attached hydrogens (tertiary/aromatic N) is 2. The van der Waals surface area contributed by atoms with E-state index >= 15 is 0 Å². The van der Waals surface area contributed by atoms with Gasteiger partial charge in [-0.05, 0) is 42.4 Å². The summed E-state index contributed by atoms with van der Waals surface area (Å²) >= 11 is 7.50. The van der Waals surface area contributed by atoms with Crippen molar-refractivity contribution in [3.8, 4) is 0 Å². The maximum atomic E-state index is 12.1. The molecule has 1 aromatic carbocycles. The number of aromatic amines is 1. The fourth-order valence-electron chi connectivity index (χ4n) is 3.46. The molecule has 0 saturated heterocycles. The van der Waals surface area contributed by atoms with Gasteiger partial charge in [0.25, 0.3) is 0 Å². The number of halogens is 1. The van der Waals surface area contributed by atoms with Crippen molar-refractivity contribution < 1.29 is 0 Å². The molecule has 1 N–H and O–H groups in total. The standard InChI is InChI=1S/C16H16ClN3OS/c17-13-5-2-10(3-6-13)9-22-16-19-18-15(21)20(16)14-8-11-1-4-12(14)7-11/h1-6,11-12,14H,7-9H2,(H,18,21)/t11-,12+,14-/m1/s1. The molecule has 0 spiro atoms. The number of aromatic nitrogens is 3. The lowest BCUT2D eigenvalue weighted by Gasteiger charge is -2.20. The van der Waals surface area contributed by atoms with Gasteiger partial charge in [0.2, 0.25) is 0 Å². The van der Waals surface area contributed by atoms with E-state index in [2.05, 4.69) is 22.3 Å². The maximum absolute atomic E-state index is 12.1. The highest BCUT2D eigenvalue weighted by atomic mass is 35.5. The largest absolute Gasteiger partial charge is 0.344 e. The third-order valence-corrected chi connectivity index (χ3v) is 5.80. The zero-order valence-electron chi connectivity index (χ0n) is 11.9. The second-order valence-electron chi connectivity index (χ2n) is 5.94. The predicted octanol–water partition coefficient (Wildman–Crippen LogP) is 3.65. The topological polar surface area (TPSA) is 50.7 Å². The Kier molecular flexibility index (Phi) is 3.62. The first-order chi connectivity index (χ1) is 10.7. The Morgan fingerprint density at radius 3 is 2.77 bits per heavy atom. The van der Waals surface area contributed by atoms with Crippen LogP contribution < -0.4 is 5.69 Å². The number of fused-ring (bicyclic) bond motifs is 2. The van der Waals surface area contributed by atoms with Crippen LogP contribution in [0.25, 0.3) is 0 Å². The van der Waals surface area contributed by atoms with Gasteiger partial charge in [-0.2, -0.15) is 0 Å². The second kappa shape index (κ2) is 5.63. The summed E-state index contributed by atoms with van der Waals surface area (Å²) in [6.45, 7) is 0. The van der Waals surface area contributed by atoms with Crippen LogP contribution in [0.3, 0.4) is 0 Å². The molecule has 1 aromatic heterocycles. The van der Waals surface area contributed by atoms with Crippen LogP contribution >= 0.6 is 23.4 Å². The highest BCUT2D eigenvalue weighted by molar-refractivity contribution is 7.98. The lowest BCUT2D eigenvalue weighted by Crippen LogP contribution is -2.25. The monoisotopic (exact) mass is 333 g/mol. The SMILES string of the molecule is O=c1[nH]nc(SCc2ccc(Cl)cc2)n1[C@@H]1C[C@@H]2C=C[C@H]1C2. The number of hydrogen-bond donors (Lipinski definition) is 1. The van der Waals surface area contributed by atoms with Gasteiger partial charge in [-0.15, -0.1) is 5.10 Å². The molecule has 1 saturated carbocycles. The first-order valence-corrected chi connectivity index (χ1v) is 8.79. The molecule has 1 fully saturated rings. The van der Waals surface area contributed by atoms with Gasteiger partial charge in [0.05, 0.1) is 0 Å². The van der Waals surface area contributed by atoms with E-state index in [-0.39, 0.29) is 11.7 Å². The Bertz CT molecular complexity index is 764. The van der Waals surface area contributed by atoms with E-state index in [1.807, 2.05) is 28.8 Å². The van der Waals surface area contributed by atoms with Crippen LogP contribution in [0.5, 0.6) is 0 Å². The van der Waals surface area contributed by atoms with Crippen molar-refractivity contribution in [2.75, 3.05) is 0 Å². The lowest BCUT2D eigenvalue weighted by molar-refractivity contribution is 0.396. The van der Waals surface area contributed by atoms with Crippen LogP contribution in [0.4, 0.5) is 0 Å². The first-order valence-electron chi connectivity index (χ1n) is 7.43. The van der Waals surface area contributed by atoms with E-state index in [4.69, 9.17) is 11.6 Å². The lowest BCUT2D eigenvalue weighted by atomic mass is 10.0. The van der Waals surface area contributed by atoms with Gasteiger partial charge in [-0.3, -0.25) is 4.57 Å². The summed E-state index contributed by atoms with van der Waals surface area (Å²) in [5.74, 6) is 1.89. The molecule has 1 heterocycles. The molecule has 3 atom stereocenters. The Hall–Kier alpha value is -1.46. The van der Waals surface area contributed by atoms with E-state index in [1.165, 1.54) is 12.0 Å². The number of nitrogens with one attached hydrogen (secondary N) is 1. The van der Waals surface area contributed by atoms with Crippen molar-refractivity contribution >= 4 is 23.4 Å². The van der Waals surface area contributed by atoms with Crippen LogP contribution in [0.15, 0.2) is 46.4 Å². The molecule has 4 rings (SSSR count). The van der Waals surface area contributed by atoms with Crippen LogP contribution in [0.2, 0.25) is 5.02 Å². The average molecular weight is 334 g/mol. The van der Waals surface area contributed by atoms with Gasteiger partial charge in [-0.1, -0.05) is 47.6 Å². The van der Waals surface area contributed by atoms with Crippen molar-refractivity contribution in [3.63, 3.8) is 0 Å². The first kappa shape index (κ1) is 14.2. The van der Waals surface area contributed by atoms with Gasteiger partial charge in [-0.25, -0.2) is 9.89 Å². The molecule has 0 radical (unpaired) electrons. The molecule has 0 aliphatic heterocycles. The van der Waals surface area contributed by atoms with Crippen LogP contribution in [-0.4, -0.2) is 14.8 Å². The fraction of sp³-hybridized carbons (Fsp3) is 0.375. The molecule has 2 bridgehead atoms. The molecule has 2 aliphatic rings. The third kappa shape index (κ3) is 2.52. The average Bonchev–Trinajstić information content (AvgIpc) is 3.22. The molecule has 2 aliphatic carbocycles. The minimum atomic E-state index is -0.0930.